The summed E-state index contributed by atoms with van der Waals surface area (Å²) in [6.07, 6.45) is 6.51. The molecule has 0 N–H and O–H groups in total. The number of hydrogen-bond donors (Lipinski definition) is 0. The smallest absolute Gasteiger partial charge is 0.215 e. The van der Waals surface area contributed by atoms with Gasteiger partial charge in [0, 0.05) is 30.6 Å². The summed E-state index contributed by atoms with van der Waals surface area (Å²) in [5, 5.41) is 0. The third-order valence-electron chi connectivity index (χ3n) is 2.67. The normalized spacial score (nSPS) is 11.4. The Morgan fingerprint density at radius 2 is 2.14 bits per heavy atom. The monoisotopic (exact) mass is 189 g/mol. The number of rotatable bonds is 2. The molecular weight excluding hydrogens is 172 g/mol. The number of pyridine rings is 1. The molecule has 0 unspecified atom stereocenters. The molecule has 2 aliphatic rings. The number of aryl methyl sites for hydroxylation is 1. The second kappa shape index (κ2) is 3.45. The van der Waals surface area contributed by atoms with Crippen molar-refractivity contribution in [2.75, 3.05) is 0 Å². The van der Waals surface area contributed by atoms with E-state index in [0.29, 0.717) is 6.04 Å². The van der Waals surface area contributed by atoms with Crippen LogP contribution in [0.1, 0.15) is 26.8 Å². The quantitative estimate of drug-likeness (QED) is 0.642. The van der Waals surface area contributed by atoms with Crippen LogP contribution in [0.3, 0.4) is 0 Å². The molecule has 0 amide bonds. The molecule has 2 rings (SSSR count). The molecule has 2 heteroatoms. The van der Waals surface area contributed by atoms with Crippen molar-refractivity contribution >= 4 is 0 Å². The summed E-state index contributed by atoms with van der Waals surface area (Å²) >= 11 is 0. The summed E-state index contributed by atoms with van der Waals surface area (Å²) in [4.78, 5) is 0. The van der Waals surface area contributed by atoms with Crippen molar-refractivity contribution in [2.45, 2.75) is 33.4 Å². The fraction of sp³-hybridized carbons (Fsp3) is 0.417. The summed E-state index contributed by atoms with van der Waals surface area (Å²) in [5.74, 6) is 0. The second-order valence-electron chi connectivity index (χ2n) is 3.93. The molecule has 0 spiro atoms. The summed E-state index contributed by atoms with van der Waals surface area (Å²) in [5.41, 5.74) is 2.65. The molecule has 14 heavy (non-hydrogen) atoms. The zero-order valence-corrected chi connectivity index (χ0v) is 9.07. The Balaban J connectivity index is 2.51. The Kier molecular flexibility index (Phi) is 2.28. The summed E-state index contributed by atoms with van der Waals surface area (Å²) < 4.78 is 4.50. The van der Waals surface area contributed by atoms with Gasteiger partial charge in [-0.05, 0) is 20.8 Å². The lowest BCUT2D eigenvalue weighted by Crippen LogP contribution is -2.31. The first-order chi connectivity index (χ1) is 6.72. The van der Waals surface area contributed by atoms with E-state index in [1.54, 1.807) is 0 Å². The van der Waals surface area contributed by atoms with Crippen LogP contribution < -0.4 is 4.57 Å². The highest BCUT2D eigenvalue weighted by molar-refractivity contribution is 5.55. The Morgan fingerprint density at radius 1 is 1.36 bits per heavy atom. The van der Waals surface area contributed by atoms with Crippen molar-refractivity contribution in [3.05, 3.63) is 30.7 Å². The topological polar surface area (TPSA) is 8.81 Å². The molecule has 74 valence electrons. The van der Waals surface area contributed by atoms with Gasteiger partial charge >= 0.3 is 0 Å². The van der Waals surface area contributed by atoms with Crippen LogP contribution in [0.15, 0.2) is 30.7 Å². The van der Waals surface area contributed by atoms with Crippen LogP contribution in [0, 0.1) is 0 Å². The molecule has 0 aromatic rings. The molecule has 0 aromatic carbocycles. The largest absolute Gasteiger partial charge is 0.351 e. The van der Waals surface area contributed by atoms with Gasteiger partial charge in [0.2, 0.25) is 5.69 Å². The maximum absolute atomic E-state index is 2.26. The molecule has 0 bridgehead atoms. The number of nitrogens with zero attached hydrogens (tertiary/aromatic N) is 2. The van der Waals surface area contributed by atoms with Crippen molar-refractivity contribution in [3.8, 4) is 11.3 Å². The van der Waals surface area contributed by atoms with Crippen molar-refractivity contribution in [3.63, 3.8) is 0 Å². The van der Waals surface area contributed by atoms with Gasteiger partial charge in [0.1, 0.15) is 6.54 Å². The molecule has 0 fully saturated rings. The average molecular weight is 189 g/mol. The fourth-order valence-corrected chi connectivity index (χ4v) is 1.76. The van der Waals surface area contributed by atoms with E-state index in [2.05, 4.69) is 60.6 Å². The van der Waals surface area contributed by atoms with Crippen molar-refractivity contribution in [1.82, 2.24) is 4.57 Å². The lowest BCUT2D eigenvalue weighted by Gasteiger charge is -2.10. The van der Waals surface area contributed by atoms with Crippen LogP contribution in [0.25, 0.3) is 11.3 Å². The van der Waals surface area contributed by atoms with Gasteiger partial charge in [-0.15, -0.1) is 0 Å². The maximum atomic E-state index is 2.26. The SMILES string of the molecule is CC[n+]1ccc2cn(C(C)C)ccc1-2. The van der Waals surface area contributed by atoms with E-state index in [0.717, 1.165) is 6.54 Å². The minimum atomic E-state index is 0.532. The molecule has 0 saturated carbocycles. The van der Waals surface area contributed by atoms with Crippen LogP contribution in [0.2, 0.25) is 0 Å². The molecule has 0 atom stereocenters. The Hall–Kier alpha value is -1.31. The standard InChI is InChI=1S/C12H17N2/c1-4-13-7-5-11-9-14(10(2)3)8-6-12(11)13/h5-10H,4H2,1-3H3/q+1. The van der Waals surface area contributed by atoms with Gasteiger partial charge in [-0.3, -0.25) is 0 Å². The minimum Gasteiger partial charge on any atom is -0.351 e. The van der Waals surface area contributed by atoms with Crippen LogP contribution >= 0.6 is 0 Å². The average Bonchev–Trinajstić information content (AvgIpc) is 2.59. The number of hydrogen-bond acceptors (Lipinski definition) is 0. The van der Waals surface area contributed by atoms with Gasteiger partial charge < -0.3 is 4.57 Å². The first-order valence-electron chi connectivity index (χ1n) is 5.22. The molecule has 2 heterocycles. The summed E-state index contributed by atoms with van der Waals surface area (Å²) in [6.45, 7) is 7.60. The van der Waals surface area contributed by atoms with Crippen LogP contribution in [-0.4, -0.2) is 4.57 Å². The van der Waals surface area contributed by atoms with Crippen molar-refractivity contribution in [2.24, 2.45) is 0 Å². The minimum absolute atomic E-state index is 0.532. The molecular formula is C12H17N2+. The molecule has 0 saturated heterocycles. The first kappa shape index (κ1) is 9.25. The van der Waals surface area contributed by atoms with Crippen LogP contribution in [0.5, 0.6) is 0 Å². The van der Waals surface area contributed by atoms with E-state index < -0.39 is 0 Å². The van der Waals surface area contributed by atoms with Gasteiger partial charge in [0.15, 0.2) is 6.20 Å². The Labute approximate surface area is 85.1 Å². The van der Waals surface area contributed by atoms with Crippen molar-refractivity contribution < 1.29 is 4.57 Å². The molecule has 0 aliphatic carbocycles. The molecule has 0 radical (unpaired) electrons. The van der Waals surface area contributed by atoms with Gasteiger partial charge in [-0.2, -0.15) is 4.57 Å². The zero-order valence-electron chi connectivity index (χ0n) is 9.07. The molecule has 2 aliphatic heterocycles. The summed E-state index contributed by atoms with van der Waals surface area (Å²) in [6, 6.07) is 4.90. The van der Waals surface area contributed by atoms with Crippen LogP contribution in [-0.2, 0) is 6.54 Å². The first-order valence-corrected chi connectivity index (χ1v) is 5.22. The van der Waals surface area contributed by atoms with E-state index in [-0.39, 0.29) is 0 Å². The Morgan fingerprint density at radius 3 is 2.79 bits per heavy atom. The predicted molar refractivity (Wildman–Crippen MR) is 57.3 cm³/mol. The molecule has 0 aromatic heterocycles. The Bertz CT molecular complexity index is 401. The molecule has 2 nitrogen and oxygen atoms in total. The lowest BCUT2D eigenvalue weighted by atomic mass is 10.2. The number of fused-ring (bicyclic) bond motifs is 1. The van der Waals surface area contributed by atoms with E-state index in [4.69, 9.17) is 0 Å². The highest BCUT2D eigenvalue weighted by atomic mass is 15.0. The lowest BCUT2D eigenvalue weighted by molar-refractivity contribution is -0.679. The van der Waals surface area contributed by atoms with Gasteiger partial charge in [-0.1, -0.05) is 0 Å². The third-order valence-corrected chi connectivity index (χ3v) is 2.67. The highest BCUT2D eigenvalue weighted by Crippen LogP contribution is 2.19. The summed E-state index contributed by atoms with van der Waals surface area (Å²) in [7, 11) is 0. The fourth-order valence-electron chi connectivity index (χ4n) is 1.76. The maximum Gasteiger partial charge on any atom is 0.215 e. The second-order valence-corrected chi connectivity index (χ2v) is 3.93. The predicted octanol–water partition coefficient (Wildman–Crippen LogP) is 2.48. The number of aromatic nitrogens is 2. The van der Waals surface area contributed by atoms with E-state index in [9.17, 15) is 0 Å². The van der Waals surface area contributed by atoms with Crippen molar-refractivity contribution in [1.29, 1.82) is 0 Å². The van der Waals surface area contributed by atoms with Gasteiger partial charge in [0.25, 0.3) is 0 Å². The van der Waals surface area contributed by atoms with Gasteiger partial charge in [0.05, 0.1) is 5.56 Å². The zero-order chi connectivity index (χ0) is 10.1. The van der Waals surface area contributed by atoms with Gasteiger partial charge in [-0.25, -0.2) is 0 Å². The third kappa shape index (κ3) is 1.41. The van der Waals surface area contributed by atoms with E-state index in [1.807, 2.05) is 0 Å². The highest BCUT2D eigenvalue weighted by Gasteiger charge is 2.15. The van der Waals surface area contributed by atoms with E-state index in [1.165, 1.54) is 11.3 Å². The van der Waals surface area contributed by atoms with Crippen LogP contribution in [0.4, 0.5) is 0 Å². The van der Waals surface area contributed by atoms with E-state index >= 15 is 0 Å².